The molecule has 0 saturated heterocycles. The van der Waals surface area contributed by atoms with Crippen molar-refractivity contribution < 1.29 is 18.0 Å². The smallest absolute Gasteiger partial charge is 0.362 e. The first-order valence-electron chi connectivity index (χ1n) is 9.88. The number of thiophene rings is 1. The Morgan fingerprint density at radius 2 is 2.09 bits per heavy atom. The van der Waals surface area contributed by atoms with Gasteiger partial charge in [0.05, 0.1) is 16.2 Å². The normalized spacial score (nSPS) is 18.4. The molecule has 2 unspecified atom stereocenters. The molecule has 0 spiro atoms. The average molecular weight is 531 g/mol. The summed E-state index contributed by atoms with van der Waals surface area (Å²) >= 11 is 4.72. The standard InChI is InChI=1S/C20H22BrF3N6OS/c1-10-12(11(2)29(4)26-10)9-28(3)19(31)17-16(21)18-25-13(14-6-5-7-32-14)8-15(20(22,23)24)30(18)27-17/h5-7,13,15,25H,8-9H2,1-4H3. The van der Waals surface area contributed by atoms with Crippen LogP contribution in [-0.4, -0.2) is 43.6 Å². The molecule has 0 aromatic carbocycles. The van der Waals surface area contributed by atoms with Crippen LogP contribution in [0.25, 0.3) is 0 Å². The molecule has 1 N–H and O–H groups in total. The van der Waals surface area contributed by atoms with E-state index in [2.05, 4.69) is 31.4 Å². The number of hydrogen-bond acceptors (Lipinski definition) is 5. The number of fused-ring (bicyclic) bond motifs is 1. The molecule has 12 heteroatoms. The van der Waals surface area contributed by atoms with E-state index in [0.717, 1.165) is 26.5 Å². The van der Waals surface area contributed by atoms with E-state index in [4.69, 9.17) is 0 Å². The summed E-state index contributed by atoms with van der Waals surface area (Å²) in [4.78, 5) is 15.4. The zero-order valence-corrected chi connectivity index (χ0v) is 20.3. The van der Waals surface area contributed by atoms with Crippen molar-refractivity contribution in [2.24, 2.45) is 7.05 Å². The number of alkyl halides is 3. The van der Waals surface area contributed by atoms with Crippen molar-refractivity contribution in [3.05, 3.63) is 49.5 Å². The van der Waals surface area contributed by atoms with Crippen LogP contribution in [0.5, 0.6) is 0 Å². The Morgan fingerprint density at radius 3 is 2.66 bits per heavy atom. The van der Waals surface area contributed by atoms with Crippen LogP contribution < -0.4 is 5.32 Å². The number of carbonyl (C=O) groups is 1. The molecular weight excluding hydrogens is 509 g/mol. The van der Waals surface area contributed by atoms with Gasteiger partial charge in [-0.15, -0.1) is 11.3 Å². The summed E-state index contributed by atoms with van der Waals surface area (Å²) in [6, 6.07) is 1.24. The van der Waals surface area contributed by atoms with Crippen LogP contribution in [0.4, 0.5) is 19.0 Å². The molecule has 0 saturated carbocycles. The van der Waals surface area contributed by atoms with Crippen LogP contribution in [0.15, 0.2) is 22.0 Å². The Morgan fingerprint density at radius 1 is 1.38 bits per heavy atom. The lowest BCUT2D eigenvalue weighted by molar-refractivity contribution is -0.173. The number of anilines is 1. The molecule has 0 aliphatic carbocycles. The minimum absolute atomic E-state index is 0.0599. The number of halogens is 4. The molecule has 3 aromatic heterocycles. The van der Waals surface area contributed by atoms with Crippen LogP contribution in [-0.2, 0) is 13.6 Å². The molecule has 0 radical (unpaired) electrons. The maximum atomic E-state index is 13.9. The second-order valence-corrected chi connectivity index (χ2v) is 9.67. The molecule has 3 aromatic rings. The Hall–Kier alpha value is -2.34. The summed E-state index contributed by atoms with van der Waals surface area (Å²) in [5.74, 6) is -0.320. The third kappa shape index (κ3) is 3.94. The van der Waals surface area contributed by atoms with E-state index in [1.54, 1.807) is 23.9 Å². The average Bonchev–Trinajstić information content (AvgIpc) is 3.42. The van der Waals surface area contributed by atoms with Gasteiger partial charge in [-0.25, -0.2) is 4.68 Å². The molecule has 0 fully saturated rings. The lowest BCUT2D eigenvalue weighted by Gasteiger charge is -2.33. The third-order valence-corrected chi connectivity index (χ3v) is 7.52. The second-order valence-electron chi connectivity index (χ2n) is 7.90. The predicted octanol–water partition coefficient (Wildman–Crippen LogP) is 4.99. The first-order chi connectivity index (χ1) is 15.0. The van der Waals surface area contributed by atoms with Gasteiger partial charge >= 0.3 is 6.18 Å². The lowest BCUT2D eigenvalue weighted by atomic mass is 10.0. The maximum Gasteiger partial charge on any atom is 0.410 e. The topological polar surface area (TPSA) is 68.0 Å². The van der Waals surface area contributed by atoms with Gasteiger partial charge in [0.25, 0.3) is 5.91 Å². The van der Waals surface area contributed by atoms with Crippen molar-refractivity contribution in [2.45, 2.75) is 45.1 Å². The summed E-state index contributed by atoms with van der Waals surface area (Å²) < 4.78 is 44.6. The number of hydrogen-bond donors (Lipinski definition) is 1. The highest BCUT2D eigenvalue weighted by Gasteiger charge is 2.48. The first-order valence-corrected chi connectivity index (χ1v) is 11.6. The van der Waals surface area contributed by atoms with Gasteiger partial charge in [-0.05, 0) is 41.2 Å². The van der Waals surface area contributed by atoms with Crippen molar-refractivity contribution in [2.75, 3.05) is 12.4 Å². The fourth-order valence-electron chi connectivity index (χ4n) is 3.94. The second kappa shape index (κ2) is 8.22. The number of aromatic nitrogens is 4. The minimum atomic E-state index is -4.51. The Labute approximate surface area is 195 Å². The zero-order chi connectivity index (χ0) is 23.4. The molecular formula is C20H22BrF3N6OS. The fraction of sp³-hybridized carbons (Fsp3) is 0.450. The maximum absolute atomic E-state index is 13.9. The van der Waals surface area contributed by atoms with E-state index in [1.807, 2.05) is 26.3 Å². The number of nitrogens with one attached hydrogen (secondary N) is 1. The highest BCUT2D eigenvalue weighted by molar-refractivity contribution is 9.10. The van der Waals surface area contributed by atoms with Crippen LogP contribution in [0.1, 0.15) is 50.8 Å². The zero-order valence-electron chi connectivity index (χ0n) is 17.9. The Balaban J connectivity index is 1.67. The minimum Gasteiger partial charge on any atom is -0.362 e. The molecule has 1 amide bonds. The fourth-order valence-corrected chi connectivity index (χ4v) is 5.27. The summed E-state index contributed by atoms with van der Waals surface area (Å²) in [7, 11) is 3.42. The highest BCUT2D eigenvalue weighted by Crippen LogP contribution is 2.47. The van der Waals surface area contributed by atoms with Crippen molar-refractivity contribution in [3.63, 3.8) is 0 Å². The van der Waals surface area contributed by atoms with Gasteiger partial charge < -0.3 is 10.2 Å². The number of rotatable bonds is 4. The largest absolute Gasteiger partial charge is 0.410 e. The predicted molar refractivity (Wildman–Crippen MR) is 119 cm³/mol. The Bertz CT molecular complexity index is 1150. The third-order valence-electron chi connectivity index (χ3n) is 5.79. The quantitative estimate of drug-likeness (QED) is 0.515. The van der Waals surface area contributed by atoms with Gasteiger partial charge in [0.2, 0.25) is 0 Å². The van der Waals surface area contributed by atoms with Gasteiger partial charge in [0, 0.05) is 43.2 Å². The Kier molecular flexibility index (Phi) is 5.86. The van der Waals surface area contributed by atoms with Crippen molar-refractivity contribution in [1.82, 2.24) is 24.5 Å². The highest BCUT2D eigenvalue weighted by atomic mass is 79.9. The molecule has 32 heavy (non-hydrogen) atoms. The number of amides is 1. The summed E-state index contributed by atoms with van der Waals surface area (Å²) in [5, 5.41) is 13.4. The van der Waals surface area contributed by atoms with E-state index >= 15 is 0 Å². The van der Waals surface area contributed by atoms with Crippen LogP contribution in [0, 0.1) is 13.8 Å². The van der Waals surface area contributed by atoms with E-state index in [0.29, 0.717) is 0 Å². The first kappa shape index (κ1) is 22.8. The monoisotopic (exact) mass is 530 g/mol. The molecule has 4 heterocycles. The van der Waals surface area contributed by atoms with Crippen LogP contribution in [0.3, 0.4) is 0 Å². The van der Waals surface area contributed by atoms with E-state index in [-0.39, 0.29) is 29.0 Å². The van der Waals surface area contributed by atoms with Gasteiger partial charge in [-0.2, -0.15) is 23.4 Å². The molecule has 0 bridgehead atoms. The van der Waals surface area contributed by atoms with Gasteiger partial charge in [-0.3, -0.25) is 9.48 Å². The molecule has 2 atom stereocenters. The van der Waals surface area contributed by atoms with Gasteiger partial charge in [0.15, 0.2) is 11.7 Å². The van der Waals surface area contributed by atoms with E-state index < -0.39 is 24.2 Å². The van der Waals surface area contributed by atoms with Crippen LogP contribution >= 0.6 is 27.3 Å². The molecule has 1 aliphatic rings. The molecule has 7 nitrogen and oxygen atoms in total. The lowest BCUT2D eigenvalue weighted by Crippen LogP contribution is -2.35. The van der Waals surface area contributed by atoms with Crippen molar-refractivity contribution in [3.8, 4) is 0 Å². The number of nitrogens with zero attached hydrogens (tertiary/aromatic N) is 5. The van der Waals surface area contributed by atoms with E-state index in [9.17, 15) is 18.0 Å². The van der Waals surface area contributed by atoms with Gasteiger partial charge in [0.1, 0.15) is 5.82 Å². The summed E-state index contributed by atoms with van der Waals surface area (Å²) in [6.07, 6.45) is -4.71. The molecule has 172 valence electrons. The van der Waals surface area contributed by atoms with Crippen LogP contribution in [0.2, 0.25) is 0 Å². The van der Waals surface area contributed by atoms with Crippen molar-refractivity contribution in [1.29, 1.82) is 0 Å². The number of carbonyl (C=O) groups excluding carboxylic acids is 1. The summed E-state index contributed by atoms with van der Waals surface area (Å²) in [6.45, 7) is 4.03. The number of aryl methyl sites for hydroxylation is 2. The summed E-state index contributed by atoms with van der Waals surface area (Å²) in [5.41, 5.74) is 2.55. The molecule has 4 rings (SSSR count). The van der Waals surface area contributed by atoms with E-state index in [1.165, 1.54) is 16.2 Å². The van der Waals surface area contributed by atoms with Crippen molar-refractivity contribution >= 4 is 39.0 Å². The SMILES string of the molecule is Cc1nn(C)c(C)c1CN(C)C(=O)c1nn2c(c1Br)NC(c1cccs1)CC2C(F)(F)F. The molecule has 1 aliphatic heterocycles. The van der Waals surface area contributed by atoms with Gasteiger partial charge in [-0.1, -0.05) is 6.07 Å².